The Morgan fingerprint density at radius 3 is 2.43 bits per heavy atom. The van der Waals surface area contributed by atoms with E-state index < -0.39 is 15.8 Å². The smallest absolute Gasteiger partial charge is 0.304 e. The Morgan fingerprint density at radius 2 is 1.78 bits per heavy atom. The summed E-state index contributed by atoms with van der Waals surface area (Å²) in [6.45, 7) is 4.04. The molecule has 3 aromatic carbocycles. The molecule has 0 aliphatic heterocycles. The second-order valence-corrected chi connectivity index (χ2v) is 11.6. The number of rotatable bonds is 8. The zero-order valence-electron chi connectivity index (χ0n) is 20.7. The van der Waals surface area contributed by atoms with E-state index in [2.05, 4.69) is 29.4 Å². The number of benzene rings is 3. The first kappa shape index (κ1) is 28.3. The summed E-state index contributed by atoms with van der Waals surface area (Å²) in [4.78, 5) is 11.4. The highest BCUT2D eigenvalue weighted by Gasteiger charge is 2.15. The van der Waals surface area contributed by atoms with Crippen LogP contribution in [-0.2, 0) is 21.2 Å². The maximum Gasteiger partial charge on any atom is 0.304 e. The molecule has 0 saturated carbocycles. The summed E-state index contributed by atoms with van der Waals surface area (Å²) in [6.07, 6.45) is 1.18. The normalized spacial score (nSPS) is 11.8. The van der Waals surface area contributed by atoms with Crippen molar-refractivity contribution < 1.29 is 23.1 Å². The van der Waals surface area contributed by atoms with Crippen molar-refractivity contribution >= 4 is 50.7 Å². The molecule has 0 spiro atoms. The number of aryl methyl sites for hydroxylation is 1. The highest BCUT2D eigenvalue weighted by molar-refractivity contribution is 7.90. The van der Waals surface area contributed by atoms with E-state index in [4.69, 9.17) is 9.84 Å². The lowest BCUT2D eigenvalue weighted by Crippen LogP contribution is -2.04. The molecule has 0 unspecified atom stereocenters. The van der Waals surface area contributed by atoms with Crippen LogP contribution in [0.15, 0.2) is 70.9 Å². The van der Waals surface area contributed by atoms with Crippen LogP contribution in [0.25, 0.3) is 21.2 Å². The van der Waals surface area contributed by atoms with Crippen LogP contribution in [-0.4, -0.2) is 25.7 Å². The number of carbonyl (C=O) groups is 1. The van der Waals surface area contributed by atoms with E-state index in [-0.39, 0.29) is 25.8 Å². The first-order chi connectivity index (χ1) is 17.2. The lowest BCUT2D eigenvalue weighted by molar-refractivity contribution is -0.137. The summed E-state index contributed by atoms with van der Waals surface area (Å²) in [5.41, 5.74) is 4.76. The second-order valence-electron chi connectivity index (χ2n) is 8.63. The predicted molar refractivity (Wildman–Crippen MR) is 155 cm³/mol. The highest BCUT2D eigenvalue weighted by Crippen LogP contribution is 2.37. The Hall–Kier alpha value is -3.25. The monoisotopic (exact) mass is 552 g/mol. The first-order valence-corrected chi connectivity index (χ1v) is 14.1. The third-order valence-corrected chi connectivity index (χ3v) is 8.02. The molecule has 4 aromatic rings. The quantitative estimate of drug-likeness (QED) is 0.251. The summed E-state index contributed by atoms with van der Waals surface area (Å²) in [5, 5.41) is 12.3. The molecule has 0 amide bonds. The van der Waals surface area contributed by atoms with Gasteiger partial charge in [0.15, 0.2) is 9.84 Å². The number of fused-ring (bicyclic) bond motifs is 1. The fourth-order valence-corrected chi connectivity index (χ4v) is 5.65. The molecule has 0 radical (unpaired) electrons. The second kappa shape index (κ2) is 11.9. The van der Waals surface area contributed by atoms with Gasteiger partial charge in [-0.1, -0.05) is 30.2 Å². The lowest BCUT2D eigenvalue weighted by atomic mass is 9.96. The maximum absolute atomic E-state index is 12.1. The van der Waals surface area contributed by atoms with Crippen molar-refractivity contribution in [3.05, 3.63) is 82.7 Å². The van der Waals surface area contributed by atoms with Crippen molar-refractivity contribution in [2.24, 2.45) is 0 Å². The fourth-order valence-electron chi connectivity index (χ4n) is 4.06. The van der Waals surface area contributed by atoms with Gasteiger partial charge in [0.25, 0.3) is 0 Å². The Kier molecular flexibility index (Phi) is 9.08. The van der Waals surface area contributed by atoms with E-state index in [0.717, 1.165) is 37.9 Å². The molecule has 0 aliphatic carbocycles. The number of carboxylic acid groups (broad SMARTS) is 1. The van der Waals surface area contributed by atoms with Gasteiger partial charge in [-0.3, -0.25) is 4.79 Å². The van der Waals surface area contributed by atoms with Gasteiger partial charge in [-0.15, -0.1) is 17.3 Å². The SMILES string of the molecule is CC#C[C@@H](CC(=O)O)c1ccc(OCc2ccc3scc(-c4cc(S(C)(=O)=O)ccc4C)c3c2)cc1.S. The maximum atomic E-state index is 12.1. The molecule has 192 valence electrons. The molecule has 4 rings (SSSR count). The zero-order chi connectivity index (χ0) is 25.9. The van der Waals surface area contributed by atoms with Crippen LogP contribution in [0.3, 0.4) is 0 Å². The van der Waals surface area contributed by atoms with Crippen LogP contribution < -0.4 is 4.74 Å². The fraction of sp³-hybridized carbons (Fsp3) is 0.207. The molecule has 1 heterocycles. The van der Waals surface area contributed by atoms with Gasteiger partial charge in [0.2, 0.25) is 0 Å². The average Bonchev–Trinajstić information content (AvgIpc) is 3.25. The topological polar surface area (TPSA) is 80.7 Å². The van der Waals surface area contributed by atoms with Crippen molar-refractivity contribution in [3.63, 3.8) is 0 Å². The van der Waals surface area contributed by atoms with E-state index in [1.54, 1.807) is 30.4 Å². The molecule has 5 nitrogen and oxygen atoms in total. The van der Waals surface area contributed by atoms with E-state index in [9.17, 15) is 13.2 Å². The number of hydrogen-bond donors (Lipinski definition) is 1. The molecule has 1 N–H and O–H groups in total. The molecular weight excluding hydrogens is 525 g/mol. The lowest BCUT2D eigenvalue weighted by Gasteiger charge is -2.11. The molecule has 8 heteroatoms. The van der Waals surface area contributed by atoms with Crippen LogP contribution in [0.5, 0.6) is 5.75 Å². The molecule has 0 saturated heterocycles. The summed E-state index contributed by atoms with van der Waals surface area (Å²) in [5.74, 6) is 5.19. The Labute approximate surface area is 228 Å². The van der Waals surface area contributed by atoms with Crippen LogP contribution in [0.4, 0.5) is 0 Å². The summed E-state index contributed by atoms with van der Waals surface area (Å²) >= 11 is 1.62. The predicted octanol–water partition coefficient (Wildman–Crippen LogP) is 6.55. The number of thiophene rings is 1. The van der Waals surface area contributed by atoms with Crippen LogP contribution in [0.2, 0.25) is 0 Å². The minimum atomic E-state index is -3.30. The zero-order valence-corrected chi connectivity index (χ0v) is 23.4. The van der Waals surface area contributed by atoms with Crippen LogP contribution in [0.1, 0.15) is 36.0 Å². The third-order valence-electron chi connectivity index (χ3n) is 5.95. The van der Waals surface area contributed by atoms with Crippen molar-refractivity contribution in [3.8, 4) is 28.7 Å². The van der Waals surface area contributed by atoms with Gasteiger partial charge in [-0.25, -0.2) is 8.42 Å². The standard InChI is InChI=1S/C29H26O5S2.H2S/c1-4-5-22(15-29(30)31)21-8-10-23(11-9-21)34-17-20-7-13-28-26(14-20)27(18-35-28)25-16-24(36(3,32)33)12-6-19(25)2;/h6-14,16,18,22H,15,17H2,1-3H3,(H,30,31);1H2/t22-;/m0./s1. The van der Waals surface area contributed by atoms with Crippen LogP contribution >= 0.6 is 24.8 Å². The molecule has 1 atom stereocenters. The largest absolute Gasteiger partial charge is 0.489 e. The number of aliphatic carboxylic acids is 1. The van der Waals surface area contributed by atoms with Gasteiger partial charge in [-0.05, 0) is 77.9 Å². The first-order valence-electron chi connectivity index (χ1n) is 11.3. The number of carboxylic acids is 1. The van der Waals surface area contributed by atoms with Gasteiger partial charge in [0.1, 0.15) is 12.4 Å². The van der Waals surface area contributed by atoms with E-state index in [1.807, 2.05) is 43.3 Å². The Morgan fingerprint density at radius 1 is 1.05 bits per heavy atom. The van der Waals surface area contributed by atoms with Crippen LogP contribution in [0, 0.1) is 18.8 Å². The van der Waals surface area contributed by atoms with E-state index in [0.29, 0.717) is 17.3 Å². The van der Waals surface area contributed by atoms with Gasteiger partial charge < -0.3 is 9.84 Å². The average molecular weight is 553 g/mol. The van der Waals surface area contributed by atoms with Gasteiger partial charge in [-0.2, -0.15) is 13.5 Å². The minimum Gasteiger partial charge on any atom is -0.489 e. The molecule has 37 heavy (non-hydrogen) atoms. The summed E-state index contributed by atoms with van der Waals surface area (Å²) < 4.78 is 31.3. The Balaban J connectivity index is 0.00000380. The summed E-state index contributed by atoms with van der Waals surface area (Å²) in [7, 11) is -3.30. The number of ether oxygens (including phenoxy) is 1. The van der Waals surface area contributed by atoms with Crippen molar-refractivity contribution in [1.29, 1.82) is 0 Å². The van der Waals surface area contributed by atoms with Gasteiger partial charge in [0, 0.05) is 21.9 Å². The number of sulfone groups is 1. The Bertz CT molecular complexity index is 1590. The molecule has 1 aromatic heterocycles. The highest BCUT2D eigenvalue weighted by atomic mass is 32.2. The van der Waals surface area contributed by atoms with Crippen molar-refractivity contribution in [2.75, 3.05) is 6.26 Å². The minimum absolute atomic E-state index is 0. The summed E-state index contributed by atoms with van der Waals surface area (Å²) in [6, 6.07) is 18.8. The molecular formula is C29H28O5S3. The molecule has 0 fully saturated rings. The molecule has 0 aliphatic rings. The van der Waals surface area contributed by atoms with Crippen molar-refractivity contribution in [2.45, 2.75) is 37.7 Å². The van der Waals surface area contributed by atoms with Gasteiger partial charge in [0.05, 0.1) is 17.2 Å². The van der Waals surface area contributed by atoms with Gasteiger partial charge >= 0.3 is 5.97 Å². The number of hydrogen-bond acceptors (Lipinski definition) is 5. The van der Waals surface area contributed by atoms with Crippen molar-refractivity contribution in [1.82, 2.24) is 0 Å². The third kappa shape index (κ3) is 6.75. The molecule has 0 bridgehead atoms. The van der Waals surface area contributed by atoms with E-state index in [1.165, 1.54) is 6.26 Å². The van der Waals surface area contributed by atoms with E-state index >= 15 is 0 Å².